The number of carbonyl (C=O) groups excluding carboxylic acids is 1. The van der Waals surface area contributed by atoms with Crippen LogP contribution in [0.1, 0.15) is 0 Å². The van der Waals surface area contributed by atoms with Crippen LogP contribution >= 0.6 is 15.9 Å². The normalized spacial score (nSPS) is 11.1. The Balaban J connectivity index is 2.86. The number of anilines is 1. The lowest BCUT2D eigenvalue weighted by molar-refractivity contribution is -0.113. The van der Waals surface area contributed by atoms with Crippen LogP contribution in [0.15, 0.2) is 29.2 Å². The lowest BCUT2D eigenvalue weighted by Gasteiger charge is -2.02. The van der Waals surface area contributed by atoms with Gasteiger partial charge in [-0.2, -0.15) is 8.42 Å². The quantitative estimate of drug-likeness (QED) is 0.682. The lowest BCUT2D eigenvalue weighted by atomic mass is 10.3. The predicted octanol–water partition coefficient (Wildman–Crippen LogP) is 1.68. The van der Waals surface area contributed by atoms with Gasteiger partial charge in [0.25, 0.3) is 0 Å². The molecule has 7 heteroatoms. The zero-order chi connectivity index (χ0) is 11.5. The summed E-state index contributed by atoms with van der Waals surface area (Å²) in [6, 6.07) is 4.79. The minimum absolute atomic E-state index is 0.135. The molecule has 1 aromatic rings. The van der Waals surface area contributed by atoms with Crippen LogP contribution in [0.2, 0.25) is 0 Å². The van der Waals surface area contributed by atoms with E-state index in [1.54, 1.807) is 0 Å². The highest BCUT2D eigenvalue weighted by molar-refractivity contribution is 9.09. The Morgan fingerprint density at radius 1 is 1.33 bits per heavy atom. The molecule has 15 heavy (non-hydrogen) atoms. The topological polar surface area (TPSA) is 63.2 Å². The van der Waals surface area contributed by atoms with Gasteiger partial charge >= 0.3 is 10.2 Å². The van der Waals surface area contributed by atoms with Gasteiger partial charge in [-0.25, -0.2) is 0 Å². The van der Waals surface area contributed by atoms with E-state index in [1.165, 1.54) is 12.1 Å². The van der Waals surface area contributed by atoms with Crippen LogP contribution in [0.25, 0.3) is 0 Å². The van der Waals surface area contributed by atoms with Crippen LogP contribution in [-0.2, 0) is 15.0 Å². The van der Waals surface area contributed by atoms with Crippen molar-refractivity contribution in [2.75, 3.05) is 10.6 Å². The number of hydrogen-bond acceptors (Lipinski definition) is 3. The summed E-state index contributed by atoms with van der Waals surface area (Å²) in [4.78, 5) is 10.5. The maximum Gasteiger partial charge on any atom is 0.332 e. The highest BCUT2D eigenvalue weighted by Crippen LogP contribution is 2.15. The van der Waals surface area contributed by atoms with E-state index in [-0.39, 0.29) is 11.2 Å². The first kappa shape index (κ1) is 12.1. The van der Waals surface area contributed by atoms with Crippen molar-refractivity contribution >= 4 is 37.7 Å². The van der Waals surface area contributed by atoms with Gasteiger partial charge in [0.05, 0.1) is 10.2 Å². The van der Waals surface area contributed by atoms with Gasteiger partial charge in [-0.15, -0.1) is 3.89 Å². The van der Waals surface area contributed by atoms with Crippen LogP contribution in [0.4, 0.5) is 9.57 Å². The molecule has 82 valence electrons. The van der Waals surface area contributed by atoms with Gasteiger partial charge in [-0.3, -0.25) is 4.79 Å². The van der Waals surface area contributed by atoms with E-state index < -0.39 is 15.1 Å². The highest BCUT2D eigenvalue weighted by atomic mass is 79.9. The van der Waals surface area contributed by atoms with Gasteiger partial charge in [-0.1, -0.05) is 15.9 Å². The van der Waals surface area contributed by atoms with Crippen LogP contribution in [-0.4, -0.2) is 19.7 Å². The minimum Gasteiger partial charge on any atom is -0.325 e. The van der Waals surface area contributed by atoms with Crippen molar-refractivity contribution in [1.29, 1.82) is 0 Å². The van der Waals surface area contributed by atoms with Gasteiger partial charge in [0.1, 0.15) is 0 Å². The van der Waals surface area contributed by atoms with Crippen LogP contribution < -0.4 is 5.32 Å². The Bertz CT molecular complexity index is 457. The Kier molecular flexibility index (Phi) is 3.81. The summed E-state index contributed by atoms with van der Waals surface area (Å²) in [6.45, 7) is 0. The van der Waals surface area contributed by atoms with Gasteiger partial charge in [0.2, 0.25) is 5.91 Å². The first-order chi connectivity index (χ1) is 6.93. The van der Waals surface area contributed by atoms with Crippen molar-refractivity contribution in [3.8, 4) is 0 Å². The van der Waals surface area contributed by atoms with Gasteiger partial charge < -0.3 is 5.32 Å². The maximum atomic E-state index is 12.5. The van der Waals surface area contributed by atoms with Gasteiger partial charge in [0.15, 0.2) is 0 Å². The van der Waals surface area contributed by atoms with Crippen LogP contribution in [0, 0.1) is 0 Å². The molecule has 0 aliphatic rings. The van der Waals surface area contributed by atoms with E-state index in [1.807, 2.05) is 0 Å². The molecular formula is C8H7BrFNO3S. The smallest absolute Gasteiger partial charge is 0.325 e. The molecule has 0 aliphatic carbocycles. The SMILES string of the molecule is O=C(CBr)Nc1ccc(S(=O)(=O)F)cc1. The standard InChI is InChI=1S/C8H7BrFNO3S/c9-5-8(12)11-6-1-3-7(4-2-6)15(10,13)14/h1-4H,5H2,(H,11,12). The fourth-order valence-corrected chi connectivity index (χ4v) is 1.50. The maximum absolute atomic E-state index is 12.5. The summed E-state index contributed by atoms with van der Waals surface area (Å²) in [5, 5.41) is 2.60. The highest BCUT2D eigenvalue weighted by Gasteiger charge is 2.11. The van der Waals surface area contributed by atoms with E-state index in [0.717, 1.165) is 12.1 Å². The molecule has 0 spiro atoms. The summed E-state index contributed by atoms with van der Waals surface area (Å²) < 4.78 is 33.4. The summed E-state index contributed by atoms with van der Waals surface area (Å²) >= 11 is 2.95. The Hall–Kier alpha value is -0.950. The second-order valence-electron chi connectivity index (χ2n) is 2.64. The number of rotatable bonds is 3. The molecule has 0 fully saturated rings. The fraction of sp³-hybridized carbons (Fsp3) is 0.125. The zero-order valence-electron chi connectivity index (χ0n) is 7.41. The van der Waals surface area contributed by atoms with E-state index in [9.17, 15) is 17.1 Å². The summed E-state index contributed by atoms with van der Waals surface area (Å²) in [5.74, 6) is -0.272. The van der Waals surface area contributed by atoms with Crippen LogP contribution in [0.3, 0.4) is 0 Å². The summed E-state index contributed by atoms with van der Waals surface area (Å²) in [5.41, 5.74) is 0.409. The molecule has 0 bridgehead atoms. The summed E-state index contributed by atoms with van der Waals surface area (Å²) in [7, 11) is -4.68. The number of halogens is 2. The average molecular weight is 296 g/mol. The van der Waals surface area contributed by atoms with E-state index in [2.05, 4.69) is 21.2 Å². The third kappa shape index (κ3) is 3.60. The number of nitrogens with one attached hydrogen (secondary N) is 1. The molecule has 0 atom stereocenters. The molecule has 4 nitrogen and oxygen atoms in total. The molecule has 0 aromatic heterocycles. The molecule has 1 amide bonds. The lowest BCUT2D eigenvalue weighted by Crippen LogP contribution is -2.12. The molecule has 1 aromatic carbocycles. The Morgan fingerprint density at radius 2 is 1.87 bits per heavy atom. The van der Waals surface area contributed by atoms with E-state index >= 15 is 0 Å². The predicted molar refractivity (Wildman–Crippen MR) is 57.2 cm³/mol. The molecule has 0 aliphatic heterocycles. The number of alkyl halides is 1. The second kappa shape index (κ2) is 4.71. The van der Waals surface area contributed by atoms with Gasteiger partial charge in [-0.05, 0) is 24.3 Å². The second-order valence-corrected chi connectivity index (χ2v) is 4.55. The first-order valence-corrected chi connectivity index (χ1v) is 6.34. The number of hydrogen-bond donors (Lipinski definition) is 1. The largest absolute Gasteiger partial charge is 0.332 e. The molecule has 0 radical (unpaired) electrons. The molecule has 0 saturated carbocycles. The number of carbonyl (C=O) groups is 1. The molecule has 0 saturated heterocycles. The fourth-order valence-electron chi connectivity index (χ4n) is 0.895. The number of benzene rings is 1. The minimum atomic E-state index is -4.68. The summed E-state index contributed by atoms with van der Waals surface area (Å²) in [6.07, 6.45) is 0. The zero-order valence-corrected chi connectivity index (χ0v) is 9.81. The molecule has 1 rings (SSSR count). The van der Waals surface area contributed by atoms with Crippen LogP contribution in [0.5, 0.6) is 0 Å². The molecular weight excluding hydrogens is 289 g/mol. The Labute approximate surface area is 94.8 Å². The Morgan fingerprint density at radius 3 is 2.27 bits per heavy atom. The third-order valence-corrected chi connectivity index (χ3v) is 2.89. The van der Waals surface area contributed by atoms with Gasteiger partial charge in [0, 0.05) is 5.69 Å². The monoisotopic (exact) mass is 295 g/mol. The van der Waals surface area contributed by atoms with E-state index in [0.29, 0.717) is 5.69 Å². The first-order valence-electron chi connectivity index (χ1n) is 3.84. The van der Waals surface area contributed by atoms with Crippen molar-refractivity contribution < 1.29 is 17.1 Å². The van der Waals surface area contributed by atoms with Crippen molar-refractivity contribution in [3.05, 3.63) is 24.3 Å². The molecule has 0 unspecified atom stereocenters. The van der Waals surface area contributed by atoms with E-state index in [4.69, 9.17) is 0 Å². The van der Waals surface area contributed by atoms with Crippen molar-refractivity contribution in [2.24, 2.45) is 0 Å². The number of amides is 1. The molecule has 0 heterocycles. The van der Waals surface area contributed by atoms with Crippen molar-refractivity contribution in [1.82, 2.24) is 0 Å². The van der Waals surface area contributed by atoms with Crippen molar-refractivity contribution in [2.45, 2.75) is 4.90 Å². The molecule has 1 N–H and O–H groups in total. The average Bonchev–Trinajstić information content (AvgIpc) is 2.17. The van der Waals surface area contributed by atoms with Crippen molar-refractivity contribution in [3.63, 3.8) is 0 Å². The third-order valence-electron chi connectivity index (χ3n) is 1.54.